The van der Waals surface area contributed by atoms with E-state index in [4.69, 9.17) is 22.1 Å². The maximum atomic E-state index is 12.1. The molecule has 0 saturated carbocycles. The Morgan fingerprint density at radius 1 is 1.45 bits per heavy atom. The molecule has 1 fully saturated rings. The summed E-state index contributed by atoms with van der Waals surface area (Å²) in [5.41, 5.74) is 0.820. The van der Waals surface area contributed by atoms with E-state index in [0.29, 0.717) is 16.8 Å². The predicted octanol–water partition coefficient (Wildman–Crippen LogP) is -0.913. The number of ether oxygens (including phenoxy) is 1. The first kappa shape index (κ1) is 13.7. The summed E-state index contributed by atoms with van der Waals surface area (Å²) >= 11 is 5.10. The average Bonchev–Trinajstić information content (AvgIpc) is 2.99. The van der Waals surface area contributed by atoms with Gasteiger partial charge in [0.05, 0.1) is 12.3 Å². The van der Waals surface area contributed by atoms with Crippen LogP contribution in [0.4, 0.5) is 0 Å². The van der Waals surface area contributed by atoms with Gasteiger partial charge in [0.25, 0.3) is 0 Å². The van der Waals surface area contributed by atoms with Gasteiger partial charge in [0.1, 0.15) is 23.0 Å². The second kappa shape index (κ2) is 4.90. The summed E-state index contributed by atoms with van der Waals surface area (Å²) in [6, 6.07) is 0. The van der Waals surface area contributed by atoms with Crippen molar-refractivity contribution in [3.05, 3.63) is 32.5 Å². The number of hydrogen-bond acceptors (Lipinski definition) is 6. The summed E-state index contributed by atoms with van der Waals surface area (Å²) in [7, 11) is 0. The molecule has 8 heteroatoms. The van der Waals surface area contributed by atoms with Crippen molar-refractivity contribution in [2.75, 3.05) is 6.61 Å². The Bertz CT molecular complexity index is 679. The molecule has 0 bridgehead atoms. The van der Waals surface area contributed by atoms with Crippen LogP contribution in [-0.2, 0) is 11.2 Å². The van der Waals surface area contributed by atoms with E-state index in [9.17, 15) is 15.0 Å². The van der Waals surface area contributed by atoms with Crippen molar-refractivity contribution < 1.29 is 20.1 Å². The molecule has 4 atom stereocenters. The number of rotatable bonds is 2. The van der Waals surface area contributed by atoms with Gasteiger partial charge < -0.3 is 20.1 Å². The highest BCUT2D eigenvalue weighted by Gasteiger charge is 2.44. The van der Waals surface area contributed by atoms with E-state index in [2.05, 4.69) is 4.98 Å². The van der Waals surface area contributed by atoms with Crippen molar-refractivity contribution in [3.8, 4) is 0 Å². The summed E-state index contributed by atoms with van der Waals surface area (Å²) in [5.74, 6) is 0. The van der Waals surface area contributed by atoms with Crippen LogP contribution in [0.25, 0.3) is 6.08 Å². The molecule has 7 nitrogen and oxygen atoms in total. The van der Waals surface area contributed by atoms with Gasteiger partial charge in [0.15, 0.2) is 6.23 Å². The second-order valence-corrected chi connectivity index (χ2v) is 5.24. The summed E-state index contributed by atoms with van der Waals surface area (Å²) < 4.78 is 6.99. The van der Waals surface area contributed by atoms with Crippen LogP contribution in [0.5, 0.6) is 0 Å². The standard InChI is InChI=1S/C12H14N2O5S/c15-4-7-8(16)9(17)11(19-7)14-6-3-1-2-5(6)10(20)13-12(14)18/h1,3,7-9,11,15-17H,2,4H2,(H,13,18,20). The van der Waals surface area contributed by atoms with Gasteiger partial charge in [-0.1, -0.05) is 18.3 Å². The molecule has 1 saturated heterocycles. The smallest absolute Gasteiger partial charge is 0.329 e. The molecule has 0 radical (unpaired) electrons. The highest BCUT2D eigenvalue weighted by Crippen LogP contribution is 2.31. The molecule has 1 aromatic rings. The molecule has 20 heavy (non-hydrogen) atoms. The third-order valence-electron chi connectivity index (χ3n) is 3.65. The number of aliphatic hydroxyl groups is 3. The Labute approximate surface area is 118 Å². The van der Waals surface area contributed by atoms with Crippen LogP contribution in [0.15, 0.2) is 10.9 Å². The maximum absolute atomic E-state index is 12.1. The fourth-order valence-electron chi connectivity index (χ4n) is 2.62. The number of nitrogens with one attached hydrogen (secondary N) is 1. The molecule has 0 spiro atoms. The van der Waals surface area contributed by atoms with Gasteiger partial charge in [-0.3, -0.25) is 9.55 Å². The predicted molar refractivity (Wildman–Crippen MR) is 71.6 cm³/mol. The van der Waals surface area contributed by atoms with Crippen LogP contribution in [0.1, 0.15) is 17.5 Å². The number of allylic oxidation sites excluding steroid dienone is 1. The maximum Gasteiger partial charge on any atom is 0.329 e. The van der Waals surface area contributed by atoms with Crippen molar-refractivity contribution in [2.45, 2.75) is 31.0 Å². The molecule has 2 heterocycles. The van der Waals surface area contributed by atoms with Gasteiger partial charge in [-0.2, -0.15) is 0 Å². The van der Waals surface area contributed by atoms with E-state index in [1.165, 1.54) is 4.57 Å². The van der Waals surface area contributed by atoms with Crippen LogP contribution >= 0.6 is 12.2 Å². The van der Waals surface area contributed by atoms with Crippen LogP contribution < -0.4 is 5.69 Å². The number of aromatic nitrogens is 2. The van der Waals surface area contributed by atoms with E-state index in [1.54, 1.807) is 6.08 Å². The molecule has 1 aliphatic carbocycles. The normalized spacial score (nSPS) is 31.8. The third kappa shape index (κ3) is 1.88. The Kier molecular flexibility index (Phi) is 3.35. The molecule has 3 rings (SSSR count). The fraction of sp³-hybridized carbons (Fsp3) is 0.500. The number of aromatic amines is 1. The molecule has 0 aromatic carbocycles. The van der Waals surface area contributed by atoms with Crippen molar-refractivity contribution >= 4 is 18.3 Å². The van der Waals surface area contributed by atoms with Gasteiger partial charge in [-0.15, -0.1) is 0 Å². The Morgan fingerprint density at radius 3 is 2.85 bits per heavy atom. The minimum Gasteiger partial charge on any atom is -0.394 e. The topological polar surface area (TPSA) is 108 Å². The average molecular weight is 298 g/mol. The van der Waals surface area contributed by atoms with Crippen LogP contribution in [0.3, 0.4) is 0 Å². The Hall–Kier alpha value is -1.32. The number of nitrogens with zero attached hydrogens (tertiary/aromatic N) is 1. The molecular weight excluding hydrogens is 284 g/mol. The van der Waals surface area contributed by atoms with Gasteiger partial charge in [-0.05, 0) is 12.5 Å². The van der Waals surface area contributed by atoms with Crippen molar-refractivity contribution in [2.24, 2.45) is 0 Å². The van der Waals surface area contributed by atoms with E-state index in [0.717, 1.165) is 5.56 Å². The van der Waals surface area contributed by atoms with Gasteiger partial charge in [-0.25, -0.2) is 4.79 Å². The quantitative estimate of drug-likeness (QED) is 0.526. The van der Waals surface area contributed by atoms with Crippen molar-refractivity contribution in [3.63, 3.8) is 0 Å². The number of hydrogen-bond donors (Lipinski definition) is 4. The number of H-pyrrole nitrogens is 1. The zero-order valence-electron chi connectivity index (χ0n) is 10.4. The summed E-state index contributed by atoms with van der Waals surface area (Å²) in [5, 5.41) is 28.9. The van der Waals surface area contributed by atoms with Gasteiger partial charge >= 0.3 is 5.69 Å². The third-order valence-corrected chi connectivity index (χ3v) is 4.00. The monoisotopic (exact) mass is 298 g/mol. The van der Waals surface area contributed by atoms with E-state index >= 15 is 0 Å². The first-order valence-electron chi connectivity index (χ1n) is 6.21. The summed E-state index contributed by atoms with van der Waals surface area (Å²) in [4.78, 5) is 14.6. The SMILES string of the molecule is O=c1[nH]c(=S)c2c(n1C1OC(CO)C(O)C1O)C=CC2. The fourth-order valence-corrected chi connectivity index (χ4v) is 2.89. The van der Waals surface area contributed by atoms with E-state index in [1.807, 2.05) is 6.08 Å². The lowest BCUT2D eigenvalue weighted by atomic mass is 10.1. The van der Waals surface area contributed by atoms with Gasteiger partial charge in [0.2, 0.25) is 0 Å². The van der Waals surface area contributed by atoms with Crippen molar-refractivity contribution in [1.82, 2.24) is 9.55 Å². The van der Waals surface area contributed by atoms with Crippen LogP contribution in [0.2, 0.25) is 0 Å². The zero-order chi connectivity index (χ0) is 14.4. The first-order valence-corrected chi connectivity index (χ1v) is 6.62. The lowest BCUT2D eigenvalue weighted by Gasteiger charge is -2.20. The first-order chi connectivity index (χ1) is 9.54. The lowest BCUT2D eigenvalue weighted by molar-refractivity contribution is -0.0553. The Balaban J connectivity index is 2.13. The molecule has 4 N–H and O–H groups in total. The largest absolute Gasteiger partial charge is 0.394 e. The zero-order valence-corrected chi connectivity index (χ0v) is 11.2. The highest BCUT2D eigenvalue weighted by molar-refractivity contribution is 7.71. The highest BCUT2D eigenvalue weighted by atomic mass is 32.1. The molecule has 2 aliphatic rings. The van der Waals surface area contributed by atoms with Crippen LogP contribution in [0, 0.1) is 4.64 Å². The molecule has 4 unspecified atom stereocenters. The van der Waals surface area contributed by atoms with Crippen molar-refractivity contribution in [1.29, 1.82) is 0 Å². The molecule has 1 aliphatic heterocycles. The summed E-state index contributed by atoms with van der Waals surface area (Å²) in [6.45, 7) is -0.440. The molecule has 0 amide bonds. The molecule has 108 valence electrons. The summed E-state index contributed by atoms with van der Waals surface area (Å²) in [6.07, 6.45) is -0.349. The molecular formula is C12H14N2O5S. The minimum absolute atomic E-state index is 0.359. The number of aliphatic hydroxyl groups excluding tert-OH is 3. The number of fused-ring (bicyclic) bond motifs is 1. The minimum atomic E-state index is -1.30. The lowest BCUT2D eigenvalue weighted by Crippen LogP contribution is -2.37. The molecule has 1 aromatic heterocycles. The van der Waals surface area contributed by atoms with Gasteiger partial charge in [0, 0.05) is 5.56 Å². The van der Waals surface area contributed by atoms with Crippen LogP contribution in [-0.4, -0.2) is 49.8 Å². The second-order valence-electron chi connectivity index (χ2n) is 4.83. The van der Waals surface area contributed by atoms with E-state index < -0.39 is 36.8 Å². The van der Waals surface area contributed by atoms with E-state index in [-0.39, 0.29) is 0 Å². The Morgan fingerprint density at radius 2 is 2.20 bits per heavy atom.